The molecule has 84 heavy (non-hydrogen) atoms. The SMILES string of the molecule is O=C(O/N=C1\CC[C@H]2CO[C@@H]1O2)c1ccc([N+](=O)[O-])cc1.O=C(O/N=C1\CC[C@H]2CO[C@@H]1O2)c1ccc([N+](=O)[O-])cc1.O=C(O/N=C1\CC[C@H]2CO[C@@H]1O2)c1ccc([N+](=O)[O-])cc1.O=C(O/N=C1\CC[C@H]2CO[C@@H]1O2)c1ccc([N+](=O)[O-])cc1. The molecule has 0 spiro atoms. The summed E-state index contributed by atoms with van der Waals surface area (Å²) in [4.78, 5) is 106. The lowest BCUT2D eigenvalue weighted by atomic mass is 10.1. The van der Waals surface area contributed by atoms with Crippen LogP contribution in [0.5, 0.6) is 0 Å². The summed E-state index contributed by atoms with van der Waals surface area (Å²) >= 11 is 0. The van der Waals surface area contributed by atoms with Crippen molar-refractivity contribution in [2.24, 2.45) is 20.6 Å². The number of nitro groups is 4. The van der Waals surface area contributed by atoms with Crippen molar-refractivity contribution in [3.63, 3.8) is 0 Å². The van der Waals surface area contributed by atoms with Crippen LogP contribution in [0.25, 0.3) is 0 Å². The smallest absolute Gasteiger partial charge is 0.344 e. The third kappa shape index (κ3) is 15.6. The van der Waals surface area contributed by atoms with Crippen molar-refractivity contribution >= 4 is 69.5 Å². The largest absolute Gasteiger partial charge is 0.365 e. The van der Waals surface area contributed by atoms with Gasteiger partial charge in [0.05, 0.1) is 92.8 Å². The third-order valence-corrected chi connectivity index (χ3v) is 13.2. The molecule has 0 N–H and O–H groups in total. The Bertz CT molecular complexity index is 2820. The van der Waals surface area contributed by atoms with Crippen LogP contribution in [0.2, 0.25) is 0 Å². The lowest BCUT2D eigenvalue weighted by Crippen LogP contribution is -2.28. The Morgan fingerprint density at radius 3 is 0.714 bits per heavy atom. The van der Waals surface area contributed by atoms with Gasteiger partial charge in [-0.25, -0.2) is 19.2 Å². The molecular formula is C52H48N8O24. The summed E-state index contributed by atoms with van der Waals surface area (Å²) in [6.07, 6.45) is 4.00. The van der Waals surface area contributed by atoms with E-state index in [1.165, 1.54) is 97.1 Å². The molecule has 4 aromatic carbocycles. The first-order valence-corrected chi connectivity index (χ1v) is 25.7. The van der Waals surface area contributed by atoms with Crippen LogP contribution in [-0.2, 0) is 57.2 Å². The number of ether oxygens (including phenoxy) is 8. The molecule has 8 bridgehead atoms. The predicted octanol–water partition coefficient (Wildman–Crippen LogP) is 6.57. The normalized spacial score (nSPS) is 25.8. The summed E-state index contributed by atoms with van der Waals surface area (Å²) in [6, 6.07) is 20.4. The van der Waals surface area contributed by atoms with Gasteiger partial charge < -0.3 is 57.2 Å². The highest BCUT2D eigenvalue weighted by Gasteiger charge is 2.39. The van der Waals surface area contributed by atoms with E-state index in [4.69, 9.17) is 57.2 Å². The van der Waals surface area contributed by atoms with E-state index < -0.39 is 68.7 Å². The fraction of sp³-hybridized carbons (Fsp3) is 0.385. The molecule has 32 heteroatoms. The molecule has 8 saturated heterocycles. The van der Waals surface area contributed by atoms with E-state index in [1.54, 1.807) is 0 Å². The molecule has 12 rings (SSSR count). The third-order valence-electron chi connectivity index (χ3n) is 13.2. The number of carbonyl (C=O) groups excluding carboxylic acids is 4. The van der Waals surface area contributed by atoms with Crippen molar-refractivity contribution in [3.05, 3.63) is 160 Å². The van der Waals surface area contributed by atoms with Gasteiger partial charge in [-0.05, 0) is 99.9 Å². The van der Waals surface area contributed by atoms with Crippen molar-refractivity contribution < 1.29 is 96.1 Å². The molecule has 4 aromatic rings. The average molecular weight is 1170 g/mol. The monoisotopic (exact) mass is 1170 g/mol. The zero-order valence-electron chi connectivity index (χ0n) is 43.7. The number of fused-ring (bicyclic) bond motifs is 8. The van der Waals surface area contributed by atoms with E-state index in [9.17, 15) is 59.6 Å². The van der Waals surface area contributed by atoms with Gasteiger partial charge in [-0.3, -0.25) is 40.5 Å². The number of non-ortho nitro benzene ring substituents is 4. The summed E-state index contributed by atoms with van der Waals surface area (Å²) in [6.45, 7) is 2.11. The first-order chi connectivity index (χ1) is 40.5. The number of nitro benzene ring substituents is 4. The molecule has 32 nitrogen and oxygen atoms in total. The Balaban J connectivity index is 0.000000134. The number of oxime groups is 4. The first-order valence-electron chi connectivity index (χ1n) is 25.7. The van der Waals surface area contributed by atoms with Gasteiger partial charge in [-0.15, -0.1) is 0 Å². The first kappa shape index (κ1) is 59.3. The molecule has 8 atom stereocenters. The van der Waals surface area contributed by atoms with Crippen molar-refractivity contribution in [1.29, 1.82) is 0 Å². The topological polar surface area (TPSA) is 401 Å². The number of nitrogens with zero attached hydrogens (tertiary/aromatic N) is 8. The lowest BCUT2D eigenvalue weighted by Gasteiger charge is -2.18. The lowest BCUT2D eigenvalue weighted by molar-refractivity contribution is -0.385. The van der Waals surface area contributed by atoms with Gasteiger partial charge in [0, 0.05) is 48.5 Å². The Morgan fingerprint density at radius 1 is 0.345 bits per heavy atom. The number of rotatable bonds is 12. The van der Waals surface area contributed by atoms with Crippen molar-refractivity contribution in [1.82, 2.24) is 0 Å². The second kappa shape index (κ2) is 27.7. The van der Waals surface area contributed by atoms with Crippen molar-refractivity contribution in [2.75, 3.05) is 26.4 Å². The van der Waals surface area contributed by atoms with E-state index >= 15 is 0 Å². The number of hydrogen-bond acceptors (Lipinski definition) is 28. The van der Waals surface area contributed by atoms with Crippen LogP contribution in [0.1, 0.15) is 92.8 Å². The molecule has 8 aliphatic heterocycles. The minimum Gasteiger partial charge on any atom is -0.344 e. The number of carbonyl (C=O) groups is 4. The fourth-order valence-corrected chi connectivity index (χ4v) is 8.65. The van der Waals surface area contributed by atoms with E-state index in [0.29, 0.717) is 75.0 Å². The van der Waals surface area contributed by atoms with Crippen LogP contribution in [-0.4, -0.2) is 142 Å². The Morgan fingerprint density at radius 2 is 0.536 bits per heavy atom. The van der Waals surface area contributed by atoms with Crippen LogP contribution in [0.3, 0.4) is 0 Å². The molecule has 0 radical (unpaired) electrons. The molecule has 0 unspecified atom stereocenters. The predicted molar refractivity (Wildman–Crippen MR) is 279 cm³/mol. The second-order valence-corrected chi connectivity index (χ2v) is 18.9. The van der Waals surface area contributed by atoms with Gasteiger partial charge in [0.25, 0.3) is 22.7 Å². The molecule has 440 valence electrons. The number of benzene rings is 4. The summed E-state index contributed by atoms with van der Waals surface area (Å²) < 4.78 is 43.3. The zero-order valence-corrected chi connectivity index (χ0v) is 43.7. The van der Waals surface area contributed by atoms with Crippen LogP contribution < -0.4 is 0 Å². The summed E-state index contributed by atoms with van der Waals surface area (Å²) in [7, 11) is 0. The Kier molecular flexibility index (Phi) is 19.5. The van der Waals surface area contributed by atoms with E-state index in [-0.39, 0.29) is 69.4 Å². The van der Waals surface area contributed by atoms with E-state index in [2.05, 4.69) is 20.6 Å². The Hall–Kier alpha value is -9.28. The van der Waals surface area contributed by atoms with Gasteiger partial charge in [0.15, 0.2) is 0 Å². The van der Waals surface area contributed by atoms with Gasteiger partial charge in [-0.2, -0.15) is 0 Å². The standard InChI is InChI=1S/4C13H12N2O6/c4*16-12(8-1-3-9(4-2-8)15(17)18)21-14-11-6-5-10-7-19-13(11)20-10/h4*1-4,10,13H,5-7H2/b4*14-11+/t4*10-,13+/m0000/s1. The van der Waals surface area contributed by atoms with Crippen LogP contribution in [0.15, 0.2) is 118 Å². The second-order valence-electron chi connectivity index (χ2n) is 18.9. The summed E-state index contributed by atoms with van der Waals surface area (Å²) in [5, 5.41) is 57.2. The summed E-state index contributed by atoms with van der Waals surface area (Å²) in [5.41, 5.74) is 2.54. The van der Waals surface area contributed by atoms with Crippen molar-refractivity contribution in [2.45, 2.75) is 101 Å². The molecule has 8 aliphatic rings. The van der Waals surface area contributed by atoms with Gasteiger partial charge in [0.2, 0.25) is 25.2 Å². The van der Waals surface area contributed by atoms with Gasteiger partial charge in [-0.1, -0.05) is 20.6 Å². The van der Waals surface area contributed by atoms with Crippen LogP contribution in [0, 0.1) is 40.5 Å². The highest BCUT2D eigenvalue weighted by atomic mass is 16.8. The fourth-order valence-electron chi connectivity index (χ4n) is 8.65. The maximum atomic E-state index is 11.8. The molecule has 0 saturated carbocycles. The molecule has 0 aliphatic carbocycles. The highest BCUT2D eigenvalue weighted by molar-refractivity contribution is 5.95. The number of hydrogen-bond donors (Lipinski definition) is 0. The maximum absolute atomic E-state index is 11.8. The average Bonchev–Trinajstić information content (AvgIpc) is 4.43. The minimum absolute atomic E-state index is 0.0936. The molecule has 8 heterocycles. The summed E-state index contributed by atoms with van der Waals surface area (Å²) in [5.74, 6) is -2.73. The van der Waals surface area contributed by atoms with Crippen LogP contribution in [0.4, 0.5) is 22.7 Å². The Labute approximate surface area is 472 Å². The molecular weight excluding hydrogens is 1120 g/mol. The highest BCUT2D eigenvalue weighted by Crippen LogP contribution is 2.29. The molecule has 8 fully saturated rings. The quantitative estimate of drug-likeness (QED) is 0.0821. The van der Waals surface area contributed by atoms with Gasteiger partial charge >= 0.3 is 23.9 Å². The maximum Gasteiger partial charge on any atom is 0.365 e. The van der Waals surface area contributed by atoms with Gasteiger partial charge in [0.1, 0.15) is 22.8 Å². The van der Waals surface area contributed by atoms with Crippen molar-refractivity contribution in [3.8, 4) is 0 Å². The molecule has 0 amide bonds. The molecule has 0 aromatic heterocycles. The minimum atomic E-state index is -0.683. The van der Waals surface area contributed by atoms with E-state index in [0.717, 1.165) is 25.7 Å². The van der Waals surface area contributed by atoms with Crippen LogP contribution >= 0.6 is 0 Å². The zero-order chi connectivity index (χ0) is 59.3. The van der Waals surface area contributed by atoms with E-state index in [1.807, 2.05) is 0 Å².